The molecule has 9 heteroatoms. The molecule has 1 aromatic heterocycles. The number of imidazole rings is 1. The summed E-state index contributed by atoms with van der Waals surface area (Å²) in [6.45, 7) is 5.42. The molecule has 0 aromatic carbocycles. The van der Waals surface area contributed by atoms with Crippen LogP contribution in [0.25, 0.3) is 0 Å². The van der Waals surface area contributed by atoms with Crippen molar-refractivity contribution in [1.82, 2.24) is 14.5 Å². The lowest BCUT2D eigenvalue weighted by atomic mass is 9.85. The second kappa shape index (κ2) is 5.38. The van der Waals surface area contributed by atoms with Crippen LogP contribution in [-0.4, -0.2) is 65.3 Å². The van der Waals surface area contributed by atoms with Gasteiger partial charge in [0.2, 0.25) is 0 Å². The van der Waals surface area contributed by atoms with Gasteiger partial charge in [-0.05, 0) is 20.3 Å². The van der Waals surface area contributed by atoms with Crippen molar-refractivity contribution in [1.29, 1.82) is 0 Å². The first-order valence-corrected chi connectivity index (χ1v) is 7.86. The number of fused-ring (bicyclic) bond motifs is 3. The van der Waals surface area contributed by atoms with Crippen molar-refractivity contribution >= 4 is 24.0 Å². The van der Waals surface area contributed by atoms with Gasteiger partial charge in [-0.25, -0.2) is 19.8 Å². The molecule has 2 aliphatic heterocycles. The average Bonchev–Trinajstić information content (AvgIpc) is 2.94. The molecule has 0 fully saturated rings. The van der Waals surface area contributed by atoms with Gasteiger partial charge in [-0.1, -0.05) is 13.3 Å². The standard InChI is InChI=1S/C15H21N5O4/c1-4-5-6-19-7-16-9-10(19)17-8-20-11(9)18-14(2,13(22)23)12(21)15(20,3)24/h7-8,12,21,24H,4-6H2,1-3H3,(H,22,23). The number of aromatic nitrogens is 2. The van der Waals surface area contributed by atoms with E-state index in [9.17, 15) is 20.1 Å². The fraction of sp³-hybridized carbons (Fsp3) is 0.600. The predicted octanol–water partition coefficient (Wildman–Crippen LogP) is 0.332. The highest BCUT2D eigenvalue weighted by molar-refractivity contribution is 6.11. The zero-order chi connectivity index (χ0) is 17.7. The molecule has 9 nitrogen and oxygen atoms in total. The van der Waals surface area contributed by atoms with E-state index in [1.165, 1.54) is 25.1 Å². The Balaban J connectivity index is 2.14. The number of carbonyl (C=O) groups is 1. The van der Waals surface area contributed by atoms with E-state index in [1.54, 1.807) is 6.33 Å². The van der Waals surface area contributed by atoms with E-state index in [1.807, 2.05) is 4.57 Å². The number of aliphatic hydroxyl groups is 2. The zero-order valence-corrected chi connectivity index (χ0v) is 13.8. The van der Waals surface area contributed by atoms with Gasteiger partial charge in [-0.15, -0.1) is 0 Å². The normalized spacial score (nSPS) is 31.5. The second-order valence-electron chi connectivity index (χ2n) is 6.46. The van der Waals surface area contributed by atoms with Crippen LogP contribution in [0.1, 0.15) is 39.3 Å². The van der Waals surface area contributed by atoms with Gasteiger partial charge >= 0.3 is 5.97 Å². The van der Waals surface area contributed by atoms with E-state index < -0.39 is 23.3 Å². The number of aliphatic hydroxyl groups excluding tert-OH is 1. The number of rotatable bonds is 4. The SMILES string of the molecule is CCCCn1cnc2c1N=CN1C2=NC(C)(C(=O)O)C(O)C1(C)O. The summed E-state index contributed by atoms with van der Waals surface area (Å²) in [5.41, 5.74) is -3.36. The highest BCUT2D eigenvalue weighted by atomic mass is 16.4. The molecule has 3 heterocycles. The Kier molecular flexibility index (Phi) is 3.72. The number of carboxylic acids is 1. The predicted molar refractivity (Wildman–Crippen MR) is 86.3 cm³/mol. The van der Waals surface area contributed by atoms with Crippen LogP contribution in [0.4, 0.5) is 5.82 Å². The Labute approximate surface area is 139 Å². The summed E-state index contributed by atoms with van der Waals surface area (Å²) in [4.78, 5) is 25.7. The third-order valence-electron chi connectivity index (χ3n) is 4.61. The Hall–Kier alpha value is -2.26. The quantitative estimate of drug-likeness (QED) is 0.728. The van der Waals surface area contributed by atoms with Crippen LogP contribution in [0.3, 0.4) is 0 Å². The monoisotopic (exact) mass is 335 g/mol. The molecule has 2 aliphatic rings. The number of aliphatic imine (C=N–C) groups is 2. The van der Waals surface area contributed by atoms with Crippen LogP contribution >= 0.6 is 0 Å². The fourth-order valence-corrected chi connectivity index (χ4v) is 2.99. The third kappa shape index (κ3) is 2.15. The maximum atomic E-state index is 11.7. The third-order valence-corrected chi connectivity index (χ3v) is 4.61. The molecule has 1 aromatic rings. The summed E-state index contributed by atoms with van der Waals surface area (Å²) in [6, 6.07) is 0. The van der Waals surface area contributed by atoms with E-state index in [0.717, 1.165) is 19.4 Å². The summed E-state index contributed by atoms with van der Waals surface area (Å²) < 4.78 is 1.87. The maximum Gasteiger partial charge on any atom is 0.334 e. The number of hydrogen-bond acceptors (Lipinski definition) is 7. The summed E-state index contributed by atoms with van der Waals surface area (Å²) in [5.74, 6) is -0.564. The van der Waals surface area contributed by atoms with Crippen LogP contribution in [0, 0.1) is 0 Å². The minimum Gasteiger partial charge on any atom is -0.479 e. The highest BCUT2D eigenvalue weighted by Gasteiger charge is 2.58. The summed E-state index contributed by atoms with van der Waals surface area (Å²) >= 11 is 0. The summed E-state index contributed by atoms with van der Waals surface area (Å²) in [5, 5.41) is 30.6. The minimum atomic E-state index is -1.88. The molecule has 0 amide bonds. The fourth-order valence-electron chi connectivity index (χ4n) is 2.99. The van der Waals surface area contributed by atoms with Crippen molar-refractivity contribution < 1.29 is 20.1 Å². The smallest absolute Gasteiger partial charge is 0.334 e. The van der Waals surface area contributed by atoms with Crippen molar-refractivity contribution in [3.63, 3.8) is 0 Å². The molecule has 0 radical (unpaired) electrons. The molecule has 3 rings (SSSR count). The molecule has 3 atom stereocenters. The van der Waals surface area contributed by atoms with Crippen molar-refractivity contribution in [3.05, 3.63) is 12.0 Å². The van der Waals surface area contributed by atoms with Crippen LogP contribution in [0.15, 0.2) is 16.3 Å². The van der Waals surface area contributed by atoms with Gasteiger partial charge in [0.15, 0.2) is 28.6 Å². The van der Waals surface area contributed by atoms with Gasteiger partial charge in [0.25, 0.3) is 0 Å². The van der Waals surface area contributed by atoms with Gasteiger partial charge in [-0.3, -0.25) is 4.90 Å². The first kappa shape index (κ1) is 16.6. The molecule has 3 N–H and O–H groups in total. The molecular formula is C15H21N5O4. The van der Waals surface area contributed by atoms with Gasteiger partial charge < -0.3 is 19.9 Å². The van der Waals surface area contributed by atoms with E-state index in [0.29, 0.717) is 11.5 Å². The van der Waals surface area contributed by atoms with E-state index in [2.05, 4.69) is 21.9 Å². The van der Waals surface area contributed by atoms with E-state index >= 15 is 0 Å². The molecule has 24 heavy (non-hydrogen) atoms. The average molecular weight is 335 g/mol. The number of amidine groups is 1. The lowest BCUT2D eigenvalue weighted by Gasteiger charge is -2.48. The molecule has 3 unspecified atom stereocenters. The number of carboxylic acid groups (broad SMARTS) is 1. The Morgan fingerprint density at radius 1 is 1.42 bits per heavy atom. The van der Waals surface area contributed by atoms with Crippen molar-refractivity contribution in [2.45, 2.75) is 57.5 Å². The molecule has 0 spiro atoms. The first-order valence-electron chi connectivity index (χ1n) is 7.86. The van der Waals surface area contributed by atoms with Crippen molar-refractivity contribution in [2.75, 3.05) is 0 Å². The van der Waals surface area contributed by atoms with Gasteiger partial charge in [0.1, 0.15) is 12.4 Å². The molecule has 0 saturated carbocycles. The number of aliphatic carboxylic acids is 1. The highest BCUT2D eigenvalue weighted by Crippen LogP contribution is 2.37. The van der Waals surface area contributed by atoms with Gasteiger partial charge in [0, 0.05) is 6.54 Å². The molecule has 0 saturated heterocycles. The number of unbranched alkanes of at least 4 members (excludes halogenated alkanes) is 1. The van der Waals surface area contributed by atoms with Gasteiger partial charge in [0.05, 0.1) is 6.33 Å². The summed E-state index contributed by atoms with van der Waals surface area (Å²) in [7, 11) is 0. The Morgan fingerprint density at radius 2 is 2.12 bits per heavy atom. The molecule has 0 bridgehead atoms. The van der Waals surface area contributed by atoms with Crippen LogP contribution in [0.5, 0.6) is 0 Å². The van der Waals surface area contributed by atoms with Crippen LogP contribution < -0.4 is 0 Å². The van der Waals surface area contributed by atoms with Crippen molar-refractivity contribution in [3.8, 4) is 0 Å². The Bertz CT molecular complexity index is 738. The lowest BCUT2D eigenvalue weighted by molar-refractivity contribution is -0.173. The van der Waals surface area contributed by atoms with E-state index in [4.69, 9.17) is 0 Å². The maximum absolute atomic E-state index is 11.7. The number of nitrogens with zero attached hydrogens (tertiary/aromatic N) is 5. The minimum absolute atomic E-state index is 0.190. The van der Waals surface area contributed by atoms with E-state index in [-0.39, 0.29) is 5.84 Å². The zero-order valence-electron chi connectivity index (χ0n) is 13.8. The van der Waals surface area contributed by atoms with Crippen LogP contribution in [-0.2, 0) is 11.3 Å². The van der Waals surface area contributed by atoms with Crippen LogP contribution in [0.2, 0.25) is 0 Å². The van der Waals surface area contributed by atoms with Crippen molar-refractivity contribution in [2.24, 2.45) is 9.98 Å². The Morgan fingerprint density at radius 3 is 2.75 bits per heavy atom. The second-order valence-corrected chi connectivity index (χ2v) is 6.46. The van der Waals surface area contributed by atoms with Gasteiger partial charge in [-0.2, -0.15) is 0 Å². The first-order chi connectivity index (χ1) is 11.2. The number of aryl methyl sites for hydroxylation is 1. The topological polar surface area (TPSA) is 124 Å². The molecule has 0 aliphatic carbocycles. The molecule has 130 valence electrons. The number of hydrogen-bond donors (Lipinski definition) is 3. The largest absolute Gasteiger partial charge is 0.479 e. The summed E-state index contributed by atoms with van der Waals surface area (Å²) in [6.07, 6.45) is 3.32. The lowest BCUT2D eigenvalue weighted by Crippen LogP contribution is -2.69. The molecular weight excluding hydrogens is 314 g/mol.